The molecular formula is C27H26N2O4. The molecule has 0 aliphatic carbocycles. The van der Waals surface area contributed by atoms with Crippen LogP contribution in [-0.2, 0) is 20.7 Å². The van der Waals surface area contributed by atoms with Crippen molar-refractivity contribution in [2.75, 3.05) is 7.11 Å². The molecule has 3 aromatic carbocycles. The van der Waals surface area contributed by atoms with Gasteiger partial charge in [0.1, 0.15) is 11.8 Å². The van der Waals surface area contributed by atoms with Gasteiger partial charge in [0, 0.05) is 29.1 Å². The van der Waals surface area contributed by atoms with Crippen molar-refractivity contribution in [1.82, 2.24) is 10.3 Å². The van der Waals surface area contributed by atoms with Crippen LogP contribution in [0.2, 0.25) is 0 Å². The number of aromatic nitrogens is 1. The number of methoxy groups -OCH3 is 1. The van der Waals surface area contributed by atoms with E-state index in [1.165, 1.54) is 7.11 Å². The summed E-state index contributed by atoms with van der Waals surface area (Å²) in [5.41, 5.74) is 4.12. The Morgan fingerprint density at radius 1 is 1.03 bits per heavy atom. The van der Waals surface area contributed by atoms with E-state index in [0.717, 1.165) is 22.0 Å². The molecule has 33 heavy (non-hydrogen) atoms. The van der Waals surface area contributed by atoms with Crippen LogP contribution in [0.4, 0.5) is 0 Å². The number of phenolic OH excluding ortho intramolecular Hbond substituents is 1. The van der Waals surface area contributed by atoms with Crippen LogP contribution in [0.5, 0.6) is 5.75 Å². The first-order valence-corrected chi connectivity index (χ1v) is 10.8. The lowest BCUT2D eigenvalue weighted by atomic mass is 9.95. The number of carbonyl (C=O) groups is 2. The molecule has 6 nitrogen and oxygen atoms in total. The number of aromatic hydroxyl groups is 1. The SMILES string of the molecule is COC(=O)[C@H](Cc1c[nH]c2ccccc12)NC(=O)[C@@H](C)c1ccc(-c2ccccc2)c(O)c1. The summed E-state index contributed by atoms with van der Waals surface area (Å²) in [5.74, 6) is -1.31. The van der Waals surface area contributed by atoms with Gasteiger partial charge in [0.05, 0.1) is 13.0 Å². The van der Waals surface area contributed by atoms with Crippen LogP contribution in [0.1, 0.15) is 24.0 Å². The number of phenols is 1. The highest BCUT2D eigenvalue weighted by Gasteiger charge is 2.26. The predicted octanol–water partition coefficient (Wildman–Crippen LogP) is 4.54. The average molecular weight is 443 g/mol. The Hall–Kier alpha value is -4.06. The van der Waals surface area contributed by atoms with Crippen LogP contribution in [0.25, 0.3) is 22.0 Å². The second kappa shape index (κ2) is 9.61. The van der Waals surface area contributed by atoms with Gasteiger partial charge in [-0.15, -0.1) is 0 Å². The lowest BCUT2D eigenvalue weighted by molar-refractivity contribution is -0.145. The summed E-state index contributed by atoms with van der Waals surface area (Å²) in [5, 5.41) is 14.4. The zero-order chi connectivity index (χ0) is 23.4. The lowest BCUT2D eigenvalue weighted by Crippen LogP contribution is -2.44. The minimum atomic E-state index is -0.832. The van der Waals surface area contributed by atoms with Crippen molar-refractivity contribution in [3.8, 4) is 16.9 Å². The Morgan fingerprint density at radius 2 is 1.76 bits per heavy atom. The van der Waals surface area contributed by atoms with E-state index in [2.05, 4.69) is 10.3 Å². The van der Waals surface area contributed by atoms with Crippen LogP contribution in [0.15, 0.2) is 79.0 Å². The van der Waals surface area contributed by atoms with Gasteiger partial charge in [-0.05, 0) is 35.7 Å². The largest absolute Gasteiger partial charge is 0.507 e. The first-order chi connectivity index (χ1) is 16.0. The third kappa shape index (κ3) is 4.75. The molecule has 0 bridgehead atoms. The summed E-state index contributed by atoms with van der Waals surface area (Å²) in [4.78, 5) is 28.6. The summed E-state index contributed by atoms with van der Waals surface area (Å²) in [6, 6.07) is 21.7. The Morgan fingerprint density at radius 3 is 2.48 bits per heavy atom. The van der Waals surface area contributed by atoms with Gasteiger partial charge in [-0.1, -0.05) is 60.7 Å². The van der Waals surface area contributed by atoms with E-state index in [1.54, 1.807) is 19.1 Å². The van der Waals surface area contributed by atoms with Crippen LogP contribution < -0.4 is 5.32 Å². The molecule has 1 heterocycles. The molecule has 2 atom stereocenters. The Balaban J connectivity index is 1.52. The van der Waals surface area contributed by atoms with E-state index in [0.29, 0.717) is 17.5 Å². The summed E-state index contributed by atoms with van der Waals surface area (Å²) >= 11 is 0. The van der Waals surface area contributed by atoms with Gasteiger partial charge >= 0.3 is 5.97 Å². The topological polar surface area (TPSA) is 91.4 Å². The van der Waals surface area contributed by atoms with Crippen molar-refractivity contribution < 1.29 is 19.4 Å². The highest BCUT2D eigenvalue weighted by molar-refractivity contribution is 5.90. The van der Waals surface area contributed by atoms with Crippen molar-refractivity contribution in [3.63, 3.8) is 0 Å². The molecule has 1 amide bonds. The molecule has 0 aliphatic rings. The quantitative estimate of drug-likeness (QED) is 0.366. The fraction of sp³-hybridized carbons (Fsp3) is 0.185. The van der Waals surface area contributed by atoms with Crippen molar-refractivity contribution in [3.05, 3.63) is 90.1 Å². The van der Waals surface area contributed by atoms with E-state index >= 15 is 0 Å². The molecule has 0 fully saturated rings. The van der Waals surface area contributed by atoms with Crippen molar-refractivity contribution in [2.24, 2.45) is 0 Å². The van der Waals surface area contributed by atoms with Crippen molar-refractivity contribution >= 4 is 22.8 Å². The number of hydrogen-bond acceptors (Lipinski definition) is 4. The molecule has 0 aliphatic heterocycles. The number of rotatable bonds is 7. The molecule has 168 valence electrons. The van der Waals surface area contributed by atoms with E-state index < -0.39 is 17.9 Å². The number of amides is 1. The number of para-hydroxylation sites is 1. The molecule has 0 spiro atoms. The Kier molecular flexibility index (Phi) is 6.45. The van der Waals surface area contributed by atoms with E-state index in [1.807, 2.05) is 66.9 Å². The number of H-pyrrole nitrogens is 1. The molecule has 0 saturated carbocycles. The second-order valence-electron chi connectivity index (χ2n) is 8.01. The zero-order valence-electron chi connectivity index (χ0n) is 18.5. The van der Waals surface area contributed by atoms with Gasteiger partial charge < -0.3 is 20.1 Å². The fourth-order valence-electron chi connectivity index (χ4n) is 3.98. The van der Waals surface area contributed by atoms with Crippen molar-refractivity contribution in [2.45, 2.75) is 25.3 Å². The number of ether oxygens (including phenoxy) is 1. The molecule has 6 heteroatoms. The van der Waals surface area contributed by atoms with Gasteiger partial charge in [-0.25, -0.2) is 4.79 Å². The van der Waals surface area contributed by atoms with Gasteiger partial charge in [0.2, 0.25) is 5.91 Å². The fourth-order valence-corrected chi connectivity index (χ4v) is 3.98. The van der Waals surface area contributed by atoms with E-state index in [4.69, 9.17) is 4.74 Å². The molecule has 0 saturated heterocycles. The standard InChI is InChI=1S/C27H26N2O4/c1-17(19-12-13-22(25(30)15-19)18-8-4-3-5-9-18)26(31)29-24(27(32)33-2)14-20-16-28-23-11-7-6-10-21(20)23/h3-13,15-17,24,28,30H,14H2,1-2H3,(H,29,31)/t17-,24-/m0/s1. The normalized spacial score (nSPS) is 12.8. The summed E-state index contributed by atoms with van der Waals surface area (Å²) < 4.78 is 4.94. The number of benzene rings is 3. The van der Waals surface area contributed by atoms with Crippen LogP contribution in [0.3, 0.4) is 0 Å². The summed E-state index contributed by atoms with van der Waals surface area (Å²) in [6.07, 6.45) is 2.14. The lowest BCUT2D eigenvalue weighted by Gasteiger charge is -2.20. The predicted molar refractivity (Wildman–Crippen MR) is 128 cm³/mol. The zero-order valence-corrected chi connectivity index (χ0v) is 18.5. The molecule has 4 rings (SSSR count). The van der Waals surface area contributed by atoms with Gasteiger partial charge in [0.25, 0.3) is 0 Å². The first kappa shape index (κ1) is 22.1. The highest BCUT2D eigenvalue weighted by atomic mass is 16.5. The van der Waals surface area contributed by atoms with Crippen LogP contribution >= 0.6 is 0 Å². The molecule has 4 aromatic rings. The Labute approximate surface area is 192 Å². The molecule has 3 N–H and O–H groups in total. The molecule has 0 radical (unpaired) electrons. The van der Waals surface area contributed by atoms with Gasteiger partial charge in [-0.2, -0.15) is 0 Å². The van der Waals surface area contributed by atoms with Gasteiger partial charge in [0.15, 0.2) is 0 Å². The smallest absolute Gasteiger partial charge is 0.328 e. The summed E-state index contributed by atoms with van der Waals surface area (Å²) in [7, 11) is 1.31. The second-order valence-corrected chi connectivity index (χ2v) is 8.01. The summed E-state index contributed by atoms with van der Waals surface area (Å²) in [6.45, 7) is 1.74. The molecular weight excluding hydrogens is 416 g/mol. The number of carbonyl (C=O) groups excluding carboxylic acids is 2. The van der Waals surface area contributed by atoms with E-state index in [-0.39, 0.29) is 11.7 Å². The van der Waals surface area contributed by atoms with Crippen molar-refractivity contribution in [1.29, 1.82) is 0 Å². The number of aromatic amines is 1. The molecule has 0 unspecified atom stereocenters. The highest BCUT2D eigenvalue weighted by Crippen LogP contribution is 2.32. The minimum Gasteiger partial charge on any atom is -0.507 e. The average Bonchev–Trinajstić information content (AvgIpc) is 3.25. The maximum Gasteiger partial charge on any atom is 0.328 e. The third-order valence-electron chi connectivity index (χ3n) is 5.90. The number of hydrogen-bond donors (Lipinski definition) is 3. The molecule has 1 aromatic heterocycles. The van der Waals surface area contributed by atoms with Crippen LogP contribution in [0, 0.1) is 0 Å². The minimum absolute atomic E-state index is 0.0988. The number of fused-ring (bicyclic) bond motifs is 1. The van der Waals surface area contributed by atoms with E-state index in [9.17, 15) is 14.7 Å². The first-order valence-electron chi connectivity index (χ1n) is 10.8. The third-order valence-corrected chi connectivity index (χ3v) is 5.90. The Bertz CT molecular complexity index is 1280. The number of nitrogens with one attached hydrogen (secondary N) is 2. The van der Waals surface area contributed by atoms with Crippen LogP contribution in [-0.4, -0.2) is 35.1 Å². The number of esters is 1. The monoisotopic (exact) mass is 442 g/mol. The van der Waals surface area contributed by atoms with Gasteiger partial charge in [-0.3, -0.25) is 4.79 Å². The maximum absolute atomic E-state index is 13.0. The maximum atomic E-state index is 13.0.